The molecule has 0 saturated heterocycles. The second-order valence-corrected chi connectivity index (χ2v) is 6.23. The summed E-state index contributed by atoms with van der Waals surface area (Å²) >= 11 is 0. The van der Waals surface area contributed by atoms with Gasteiger partial charge in [-0.25, -0.2) is 9.97 Å². The molecule has 6 N–H and O–H groups in total. The van der Waals surface area contributed by atoms with E-state index in [1.807, 2.05) is 6.92 Å². The molecule has 0 unspecified atom stereocenters. The minimum Gasteiger partial charge on any atom is -0.508 e. The molecule has 4 aromatic rings. The molecule has 0 aliphatic rings. The summed E-state index contributed by atoms with van der Waals surface area (Å²) in [4.78, 5) is 21.1. The van der Waals surface area contributed by atoms with Crippen molar-refractivity contribution >= 4 is 22.9 Å². The average Bonchev–Trinajstić information content (AvgIpc) is 3.25. The van der Waals surface area contributed by atoms with E-state index in [9.17, 15) is 9.90 Å². The normalized spacial score (nSPS) is 11.2. The van der Waals surface area contributed by atoms with Crippen LogP contribution in [0, 0.1) is 13.8 Å². The Morgan fingerprint density at radius 3 is 2.70 bits per heavy atom. The number of carbonyl (C=O) groups excluding carboxylic acids is 1. The lowest BCUT2D eigenvalue weighted by atomic mass is 10.1. The van der Waals surface area contributed by atoms with Crippen molar-refractivity contribution in [1.82, 2.24) is 24.7 Å². The van der Waals surface area contributed by atoms with Gasteiger partial charge < -0.3 is 16.6 Å². The van der Waals surface area contributed by atoms with Crippen molar-refractivity contribution in [1.29, 1.82) is 0 Å². The number of aromatic nitrogens is 5. The first-order valence-corrected chi connectivity index (χ1v) is 8.16. The van der Waals surface area contributed by atoms with Gasteiger partial charge >= 0.3 is 0 Å². The Labute approximate surface area is 153 Å². The summed E-state index contributed by atoms with van der Waals surface area (Å²) in [6.45, 7) is 3.64. The molecule has 0 saturated carbocycles. The summed E-state index contributed by atoms with van der Waals surface area (Å²) in [5.74, 6) is -0.474. The molecule has 1 amide bonds. The van der Waals surface area contributed by atoms with Gasteiger partial charge in [-0.1, -0.05) is 6.07 Å². The van der Waals surface area contributed by atoms with E-state index in [-0.39, 0.29) is 22.6 Å². The van der Waals surface area contributed by atoms with E-state index in [1.165, 1.54) is 0 Å². The lowest BCUT2D eigenvalue weighted by molar-refractivity contribution is 0.100. The molecule has 0 aliphatic carbocycles. The van der Waals surface area contributed by atoms with Crippen LogP contribution in [0.2, 0.25) is 0 Å². The van der Waals surface area contributed by atoms with Gasteiger partial charge in [-0.15, -0.1) is 0 Å². The van der Waals surface area contributed by atoms with Crippen LogP contribution in [0.15, 0.2) is 30.6 Å². The number of aryl methyl sites for hydroxylation is 1. The molecule has 27 heavy (non-hydrogen) atoms. The number of rotatable bonds is 3. The summed E-state index contributed by atoms with van der Waals surface area (Å²) in [7, 11) is 0. The van der Waals surface area contributed by atoms with E-state index in [0.717, 1.165) is 5.56 Å². The number of phenols is 1. The zero-order valence-electron chi connectivity index (χ0n) is 14.7. The van der Waals surface area contributed by atoms with Gasteiger partial charge in [0.2, 0.25) is 0 Å². The summed E-state index contributed by atoms with van der Waals surface area (Å²) < 4.78 is 1.60. The number of carbonyl (C=O) groups is 1. The number of anilines is 1. The van der Waals surface area contributed by atoms with E-state index in [0.29, 0.717) is 28.3 Å². The monoisotopic (exact) mass is 363 g/mol. The number of H-pyrrole nitrogens is 1. The number of aromatic amines is 1. The van der Waals surface area contributed by atoms with Crippen LogP contribution in [-0.4, -0.2) is 35.7 Å². The van der Waals surface area contributed by atoms with Gasteiger partial charge in [0.1, 0.15) is 28.3 Å². The van der Waals surface area contributed by atoms with Crippen LogP contribution >= 0.6 is 0 Å². The van der Waals surface area contributed by atoms with Gasteiger partial charge in [0.25, 0.3) is 5.91 Å². The van der Waals surface area contributed by atoms with Crippen molar-refractivity contribution < 1.29 is 9.90 Å². The first-order chi connectivity index (χ1) is 12.9. The second kappa shape index (κ2) is 5.84. The maximum atomic E-state index is 12.1. The molecular weight excluding hydrogens is 346 g/mol. The minimum atomic E-state index is -0.706. The maximum Gasteiger partial charge on any atom is 0.254 e. The van der Waals surface area contributed by atoms with E-state index in [2.05, 4.69) is 20.2 Å². The SMILES string of the molecule is Cc1ccc(O)c(C)c1-n1c(N)c(C(N)=O)c2nc(-c3ccn[nH]3)cnc21. The number of nitrogen functional groups attached to an aromatic ring is 1. The lowest BCUT2D eigenvalue weighted by Gasteiger charge is -2.15. The Bertz CT molecular complexity index is 1190. The third-order valence-corrected chi connectivity index (χ3v) is 4.55. The summed E-state index contributed by atoms with van der Waals surface area (Å²) in [6, 6.07) is 5.11. The molecule has 9 heteroatoms. The fourth-order valence-electron chi connectivity index (χ4n) is 3.23. The molecule has 4 rings (SSSR count). The zero-order valence-corrected chi connectivity index (χ0v) is 14.7. The molecule has 3 aromatic heterocycles. The summed E-state index contributed by atoms with van der Waals surface area (Å²) in [6.07, 6.45) is 3.15. The molecule has 0 bridgehead atoms. The predicted octanol–water partition coefficient (Wildman–Crippen LogP) is 1.81. The molecular formula is C18H17N7O2. The number of nitrogens with two attached hydrogens (primary N) is 2. The zero-order chi connectivity index (χ0) is 19.3. The van der Waals surface area contributed by atoms with Crippen molar-refractivity contribution in [2.75, 3.05) is 5.73 Å². The molecule has 0 aliphatic heterocycles. The standard InChI is InChI=1S/C18H17N7O2/c1-8-3-4-12(26)9(2)15(8)25-16(19)13(17(20)27)14-18(25)21-7-11(23-14)10-5-6-22-24-10/h3-7,26H,19H2,1-2H3,(H2,20,27)(H,22,24). The Kier molecular flexibility index (Phi) is 3.58. The number of fused-ring (bicyclic) bond motifs is 1. The smallest absolute Gasteiger partial charge is 0.254 e. The lowest BCUT2D eigenvalue weighted by Crippen LogP contribution is -2.14. The highest BCUT2D eigenvalue weighted by Gasteiger charge is 2.25. The van der Waals surface area contributed by atoms with Crippen molar-refractivity contribution in [3.63, 3.8) is 0 Å². The Morgan fingerprint density at radius 2 is 2.04 bits per heavy atom. The maximum absolute atomic E-state index is 12.1. The van der Waals surface area contributed by atoms with Gasteiger partial charge in [0.15, 0.2) is 5.65 Å². The number of benzene rings is 1. The molecule has 136 valence electrons. The van der Waals surface area contributed by atoms with Crippen LogP contribution in [0.25, 0.3) is 28.2 Å². The highest BCUT2D eigenvalue weighted by Crippen LogP contribution is 2.35. The van der Waals surface area contributed by atoms with Gasteiger partial charge in [-0.05, 0) is 31.5 Å². The highest BCUT2D eigenvalue weighted by atomic mass is 16.3. The first-order valence-electron chi connectivity index (χ1n) is 8.16. The molecule has 1 aromatic carbocycles. The largest absolute Gasteiger partial charge is 0.508 e. The number of nitrogens with one attached hydrogen (secondary N) is 1. The molecule has 0 spiro atoms. The fraction of sp³-hybridized carbons (Fsp3) is 0.111. The molecule has 9 nitrogen and oxygen atoms in total. The minimum absolute atomic E-state index is 0.0843. The summed E-state index contributed by atoms with van der Waals surface area (Å²) in [5.41, 5.74) is 15.9. The van der Waals surface area contributed by atoms with Crippen LogP contribution in [0.4, 0.5) is 5.82 Å². The van der Waals surface area contributed by atoms with Crippen molar-refractivity contribution in [2.24, 2.45) is 5.73 Å². The molecule has 0 atom stereocenters. The quantitative estimate of drug-likeness (QED) is 0.436. The van der Waals surface area contributed by atoms with E-state index >= 15 is 0 Å². The fourth-order valence-corrected chi connectivity index (χ4v) is 3.23. The van der Waals surface area contributed by atoms with Crippen LogP contribution in [0.3, 0.4) is 0 Å². The van der Waals surface area contributed by atoms with Crippen LogP contribution < -0.4 is 11.5 Å². The summed E-state index contributed by atoms with van der Waals surface area (Å²) in [5, 5.41) is 16.8. The van der Waals surface area contributed by atoms with Gasteiger partial charge in [-0.2, -0.15) is 5.10 Å². The Morgan fingerprint density at radius 1 is 1.26 bits per heavy atom. The van der Waals surface area contributed by atoms with E-state index in [1.54, 1.807) is 42.1 Å². The number of hydrogen-bond donors (Lipinski definition) is 4. The highest BCUT2D eigenvalue weighted by molar-refractivity contribution is 6.09. The molecule has 3 heterocycles. The number of amides is 1. The number of aromatic hydroxyl groups is 1. The number of phenolic OH excluding ortho intramolecular Hbond substituents is 1. The Hall–Kier alpha value is -3.88. The van der Waals surface area contributed by atoms with Gasteiger partial charge in [0.05, 0.1) is 17.6 Å². The topological polar surface area (TPSA) is 149 Å². The van der Waals surface area contributed by atoms with Gasteiger partial charge in [-0.3, -0.25) is 14.5 Å². The Balaban J connectivity index is 2.10. The van der Waals surface area contributed by atoms with E-state index < -0.39 is 5.91 Å². The third-order valence-electron chi connectivity index (χ3n) is 4.55. The third kappa shape index (κ3) is 2.40. The molecule has 0 radical (unpaired) electrons. The van der Waals surface area contributed by atoms with Crippen LogP contribution in [0.5, 0.6) is 5.75 Å². The van der Waals surface area contributed by atoms with Crippen LogP contribution in [0.1, 0.15) is 21.5 Å². The van der Waals surface area contributed by atoms with Crippen molar-refractivity contribution in [2.45, 2.75) is 13.8 Å². The second-order valence-electron chi connectivity index (χ2n) is 6.23. The van der Waals surface area contributed by atoms with Crippen molar-refractivity contribution in [3.05, 3.63) is 47.3 Å². The van der Waals surface area contributed by atoms with Crippen LogP contribution in [-0.2, 0) is 0 Å². The van der Waals surface area contributed by atoms with E-state index in [4.69, 9.17) is 11.5 Å². The van der Waals surface area contributed by atoms with Gasteiger partial charge in [0, 0.05) is 11.8 Å². The number of nitrogens with zero attached hydrogens (tertiary/aromatic N) is 4. The molecule has 0 fully saturated rings. The predicted molar refractivity (Wildman–Crippen MR) is 101 cm³/mol. The average molecular weight is 363 g/mol. The van der Waals surface area contributed by atoms with Crippen molar-refractivity contribution in [3.8, 4) is 22.8 Å². The number of hydrogen-bond acceptors (Lipinski definition) is 6. The first kappa shape index (κ1) is 16.6. The number of primary amides is 1.